The summed E-state index contributed by atoms with van der Waals surface area (Å²) in [4.78, 5) is 11.7. The van der Waals surface area contributed by atoms with Crippen LogP contribution in [0.25, 0.3) is 0 Å². The summed E-state index contributed by atoms with van der Waals surface area (Å²) >= 11 is 0. The third-order valence-electron chi connectivity index (χ3n) is 2.37. The lowest BCUT2D eigenvalue weighted by molar-refractivity contribution is 0.555. The van der Waals surface area contributed by atoms with Gasteiger partial charge in [-0.2, -0.15) is 0 Å². The van der Waals surface area contributed by atoms with Crippen LogP contribution in [0.4, 0.5) is 0 Å². The highest BCUT2D eigenvalue weighted by Crippen LogP contribution is 2.20. The predicted octanol–water partition coefficient (Wildman–Crippen LogP) is 2.73. The summed E-state index contributed by atoms with van der Waals surface area (Å²) in [5.74, 6) is 0. The van der Waals surface area contributed by atoms with Gasteiger partial charge in [-0.15, -0.1) is 0 Å². The number of hydrogen-bond donors (Lipinski definition) is 0. The van der Waals surface area contributed by atoms with E-state index in [0.717, 1.165) is 5.56 Å². The molecule has 0 amide bonds. The largest absolute Gasteiger partial charge is 0.313 e. The van der Waals surface area contributed by atoms with Crippen LogP contribution >= 0.6 is 0 Å². The minimum absolute atomic E-state index is 0.0508. The van der Waals surface area contributed by atoms with E-state index in [4.69, 9.17) is 0 Å². The van der Waals surface area contributed by atoms with Crippen molar-refractivity contribution in [1.82, 2.24) is 4.57 Å². The molecule has 0 spiro atoms. The van der Waals surface area contributed by atoms with E-state index >= 15 is 0 Å². The standard InChI is InChI=1S/C12H19NO/c1-9(2)13-7-6-10(8-11(13)14)12(3,4)5/h6-9H,1-5H3. The molecule has 0 saturated heterocycles. The Bertz CT molecular complexity index is 369. The van der Waals surface area contributed by atoms with Crippen LogP contribution < -0.4 is 5.56 Å². The molecule has 0 aliphatic rings. The highest BCUT2D eigenvalue weighted by Gasteiger charge is 2.14. The monoisotopic (exact) mass is 193 g/mol. The van der Waals surface area contributed by atoms with Crippen molar-refractivity contribution in [1.29, 1.82) is 0 Å². The van der Waals surface area contributed by atoms with E-state index in [1.165, 1.54) is 0 Å². The molecule has 0 aliphatic carbocycles. The lowest BCUT2D eigenvalue weighted by atomic mass is 9.88. The van der Waals surface area contributed by atoms with Gasteiger partial charge in [0.25, 0.3) is 5.56 Å². The van der Waals surface area contributed by atoms with Gasteiger partial charge in [-0.3, -0.25) is 4.79 Å². The average molecular weight is 193 g/mol. The normalized spacial score (nSPS) is 12.1. The summed E-state index contributed by atoms with van der Waals surface area (Å²) in [5.41, 5.74) is 1.24. The Morgan fingerprint density at radius 1 is 1.29 bits per heavy atom. The van der Waals surface area contributed by atoms with Crippen LogP contribution in [0, 0.1) is 0 Å². The van der Waals surface area contributed by atoms with Crippen molar-refractivity contribution in [2.24, 2.45) is 0 Å². The first kappa shape index (κ1) is 11.0. The second kappa shape index (κ2) is 3.60. The van der Waals surface area contributed by atoms with Crippen LogP contribution in [-0.2, 0) is 5.41 Å². The first-order valence-electron chi connectivity index (χ1n) is 5.05. The second-order valence-electron chi connectivity index (χ2n) is 5.00. The Morgan fingerprint density at radius 3 is 2.21 bits per heavy atom. The molecule has 1 heterocycles. The third-order valence-corrected chi connectivity index (χ3v) is 2.37. The fourth-order valence-corrected chi connectivity index (χ4v) is 1.38. The summed E-state index contributed by atoms with van der Waals surface area (Å²) in [6, 6.07) is 4.00. The van der Waals surface area contributed by atoms with Gasteiger partial charge in [0.05, 0.1) is 0 Å². The molecule has 0 atom stereocenters. The number of aromatic nitrogens is 1. The molecular weight excluding hydrogens is 174 g/mol. The third kappa shape index (κ3) is 2.25. The maximum Gasteiger partial charge on any atom is 0.251 e. The van der Waals surface area contributed by atoms with Gasteiger partial charge in [0, 0.05) is 18.3 Å². The maximum absolute atomic E-state index is 11.7. The molecule has 2 heteroatoms. The van der Waals surface area contributed by atoms with Crippen molar-refractivity contribution in [2.45, 2.75) is 46.1 Å². The minimum Gasteiger partial charge on any atom is -0.313 e. The van der Waals surface area contributed by atoms with Gasteiger partial charge in [0.15, 0.2) is 0 Å². The van der Waals surface area contributed by atoms with Crippen molar-refractivity contribution in [3.05, 3.63) is 34.2 Å². The van der Waals surface area contributed by atoms with E-state index in [1.807, 2.05) is 26.1 Å². The van der Waals surface area contributed by atoms with E-state index in [2.05, 4.69) is 20.8 Å². The van der Waals surface area contributed by atoms with Crippen molar-refractivity contribution >= 4 is 0 Å². The predicted molar refractivity (Wildman–Crippen MR) is 59.8 cm³/mol. The Morgan fingerprint density at radius 2 is 1.86 bits per heavy atom. The van der Waals surface area contributed by atoms with Crippen LogP contribution in [0.15, 0.2) is 23.1 Å². The Kier molecular flexibility index (Phi) is 2.84. The quantitative estimate of drug-likeness (QED) is 0.672. The molecule has 0 radical (unpaired) electrons. The zero-order chi connectivity index (χ0) is 10.9. The fourth-order valence-electron chi connectivity index (χ4n) is 1.38. The van der Waals surface area contributed by atoms with Gasteiger partial charge in [0.2, 0.25) is 0 Å². The van der Waals surface area contributed by atoms with Gasteiger partial charge >= 0.3 is 0 Å². The Labute approximate surface area is 85.6 Å². The first-order chi connectivity index (χ1) is 6.32. The molecule has 1 aromatic heterocycles. The molecule has 0 saturated carbocycles. The SMILES string of the molecule is CC(C)n1ccc(C(C)(C)C)cc1=O. The molecule has 0 aliphatic heterocycles. The summed E-state index contributed by atoms with van der Waals surface area (Å²) in [5, 5.41) is 0. The average Bonchev–Trinajstić information content (AvgIpc) is 2.01. The van der Waals surface area contributed by atoms with Crippen LogP contribution in [-0.4, -0.2) is 4.57 Å². The second-order valence-corrected chi connectivity index (χ2v) is 5.00. The lowest BCUT2D eigenvalue weighted by Crippen LogP contribution is -2.23. The van der Waals surface area contributed by atoms with Gasteiger partial charge in [-0.05, 0) is 30.9 Å². The van der Waals surface area contributed by atoms with Crippen LogP contribution in [0.3, 0.4) is 0 Å². The summed E-state index contributed by atoms with van der Waals surface area (Å²) in [6.45, 7) is 10.4. The van der Waals surface area contributed by atoms with Crippen LogP contribution in [0.5, 0.6) is 0 Å². The molecular formula is C12H19NO. The van der Waals surface area contributed by atoms with Crippen molar-refractivity contribution in [3.8, 4) is 0 Å². The number of nitrogens with zero attached hydrogens (tertiary/aromatic N) is 1. The molecule has 2 nitrogen and oxygen atoms in total. The van der Waals surface area contributed by atoms with Crippen LogP contribution in [0.1, 0.15) is 46.2 Å². The van der Waals surface area contributed by atoms with Crippen molar-refractivity contribution in [2.75, 3.05) is 0 Å². The molecule has 0 aromatic carbocycles. The molecule has 78 valence electrons. The van der Waals surface area contributed by atoms with E-state index in [0.29, 0.717) is 0 Å². The molecule has 0 N–H and O–H groups in total. The maximum atomic E-state index is 11.7. The Balaban J connectivity index is 3.21. The number of hydrogen-bond acceptors (Lipinski definition) is 1. The van der Waals surface area contributed by atoms with Crippen molar-refractivity contribution in [3.63, 3.8) is 0 Å². The molecule has 1 rings (SSSR count). The topological polar surface area (TPSA) is 22.0 Å². The minimum atomic E-state index is 0.0508. The van der Waals surface area contributed by atoms with Crippen LogP contribution in [0.2, 0.25) is 0 Å². The summed E-state index contributed by atoms with van der Waals surface area (Å²) < 4.78 is 1.75. The van der Waals surface area contributed by atoms with Gasteiger partial charge in [-0.1, -0.05) is 20.8 Å². The number of pyridine rings is 1. The summed E-state index contributed by atoms with van der Waals surface area (Å²) in [6.07, 6.45) is 1.88. The van der Waals surface area contributed by atoms with Crippen molar-refractivity contribution < 1.29 is 0 Å². The first-order valence-corrected chi connectivity index (χ1v) is 5.05. The molecule has 1 aromatic rings. The lowest BCUT2D eigenvalue weighted by Gasteiger charge is -2.20. The van der Waals surface area contributed by atoms with Gasteiger partial charge in [0.1, 0.15) is 0 Å². The highest BCUT2D eigenvalue weighted by atomic mass is 16.1. The molecule has 0 unspecified atom stereocenters. The smallest absolute Gasteiger partial charge is 0.251 e. The van der Waals surface area contributed by atoms with E-state index in [-0.39, 0.29) is 17.0 Å². The van der Waals surface area contributed by atoms with E-state index < -0.39 is 0 Å². The zero-order valence-electron chi connectivity index (χ0n) is 9.66. The van der Waals surface area contributed by atoms with E-state index in [1.54, 1.807) is 10.6 Å². The van der Waals surface area contributed by atoms with Gasteiger partial charge < -0.3 is 4.57 Å². The van der Waals surface area contributed by atoms with Gasteiger partial charge in [-0.25, -0.2) is 0 Å². The number of rotatable bonds is 1. The summed E-state index contributed by atoms with van der Waals surface area (Å²) in [7, 11) is 0. The molecule has 0 bridgehead atoms. The molecule has 14 heavy (non-hydrogen) atoms. The highest BCUT2D eigenvalue weighted by molar-refractivity contribution is 5.19. The fraction of sp³-hybridized carbons (Fsp3) is 0.583. The molecule has 0 fully saturated rings. The van der Waals surface area contributed by atoms with E-state index in [9.17, 15) is 4.79 Å². The zero-order valence-corrected chi connectivity index (χ0v) is 9.66. The Hall–Kier alpha value is -1.05.